The molecular formula is C24H26N4O. The standard InChI is InChI=1S/C24H26N4O/c25-23(17-6-8-20(9-7-17)29-19-4-2-1-3-5-19)21-14-26-11-10-22(21)28-18-12-24(13-18)15-27-16-24/h1-11,14,18,23,27H,12-13,15-16,25H2,(H,26,28). The van der Waals surface area contributed by atoms with Crippen molar-refractivity contribution in [3.63, 3.8) is 0 Å². The van der Waals surface area contributed by atoms with Gasteiger partial charge in [-0.15, -0.1) is 0 Å². The molecule has 2 heterocycles. The van der Waals surface area contributed by atoms with E-state index in [1.54, 1.807) is 0 Å². The van der Waals surface area contributed by atoms with Crippen LogP contribution in [0.4, 0.5) is 5.69 Å². The molecule has 5 nitrogen and oxygen atoms in total. The van der Waals surface area contributed by atoms with Crippen molar-refractivity contribution in [3.05, 3.63) is 84.2 Å². The molecule has 148 valence electrons. The van der Waals surface area contributed by atoms with Gasteiger partial charge in [-0.05, 0) is 54.2 Å². The summed E-state index contributed by atoms with van der Waals surface area (Å²) in [6.07, 6.45) is 6.15. The molecule has 2 fully saturated rings. The van der Waals surface area contributed by atoms with Crippen molar-refractivity contribution in [1.29, 1.82) is 0 Å². The molecule has 3 aromatic rings. The molecule has 5 rings (SSSR count). The first-order valence-electron chi connectivity index (χ1n) is 10.2. The van der Waals surface area contributed by atoms with Gasteiger partial charge in [0, 0.05) is 42.8 Å². The number of hydrogen-bond acceptors (Lipinski definition) is 5. The van der Waals surface area contributed by atoms with Gasteiger partial charge in [0.25, 0.3) is 0 Å². The molecule has 1 saturated carbocycles. The van der Waals surface area contributed by atoms with E-state index in [1.165, 1.54) is 12.8 Å². The van der Waals surface area contributed by atoms with Crippen LogP contribution in [0.3, 0.4) is 0 Å². The molecule has 1 aliphatic heterocycles. The summed E-state index contributed by atoms with van der Waals surface area (Å²) in [7, 11) is 0. The molecule has 2 aliphatic rings. The topological polar surface area (TPSA) is 72.2 Å². The van der Waals surface area contributed by atoms with Crippen molar-refractivity contribution in [3.8, 4) is 11.5 Å². The Bertz CT molecular complexity index is 962. The first kappa shape index (κ1) is 18.2. The summed E-state index contributed by atoms with van der Waals surface area (Å²) in [5, 5.41) is 7.08. The molecule has 0 bridgehead atoms. The molecule has 1 aliphatic carbocycles. The maximum absolute atomic E-state index is 6.61. The maximum atomic E-state index is 6.61. The summed E-state index contributed by atoms with van der Waals surface area (Å²) < 4.78 is 5.88. The van der Waals surface area contributed by atoms with Crippen LogP contribution in [0.2, 0.25) is 0 Å². The van der Waals surface area contributed by atoms with Crippen molar-refractivity contribution in [2.45, 2.75) is 24.9 Å². The second-order valence-corrected chi connectivity index (χ2v) is 8.28. The lowest BCUT2D eigenvalue weighted by Gasteiger charge is -2.54. The number of ether oxygens (including phenoxy) is 1. The van der Waals surface area contributed by atoms with Gasteiger partial charge in [0.05, 0.1) is 6.04 Å². The molecule has 2 aromatic carbocycles. The third-order valence-corrected chi connectivity index (χ3v) is 6.12. The lowest BCUT2D eigenvalue weighted by molar-refractivity contribution is 0.0470. The monoisotopic (exact) mass is 386 g/mol. The Morgan fingerprint density at radius 2 is 1.72 bits per heavy atom. The summed E-state index contributed by atoms with van der Waals surface area (Å²) in [6, 6.07) is 20.1. The van der Waals surface area contributed by atoms with E-state index in [0.29, 0.717) is 11.5 Å². The Balaban J connectivity index is 1.28. The lowest BCUT2D eigenvalue weighted by Crippen LogP contribution is -2.63. The zero-order chi connectivity index (χ0) is 19.7. The Morgan fingerprint density at radius 1 is 1.00 bits per heavy atom. The van der Waals surface area contributed by atoms with Crippen LogP contribution in [-0.4, -0.2) is 24.1 Å². The highest BCUT2D eigenvalue weighted by atomic mass is 16.5. The van der Waals surface area contributed by atoms with Crippen molar-refractivity contribution >= 4 is 5.69 Å². The number of aromatic nitrogens is 1. The van der Waals surface area contributed by atoms with Crippen LogP contribution < -0.4 is 21.1 Å². The number of nitrogens with zero attached hydrogens (tertiary/aromatic N) is 1. The number of pyridine rings is 1. The molecule has 0 radical (unpaired) electrons. The second-order valence-electron chi connectivity index (χ2n) is 8.28. The van der Waals surface area contributed by atoms with Crippen LogP contribution in [0.15, 0.2) is 73.1 Å². The normalized spacial score (nSPS) is 18.5. The zero-order valence-corrected chi connectivity index (χ0v) is 16.3. The molecule has 1 atom stereocenters. The third-order valence-electron chi connectivity index (χ3n) is 6.12. The summed E-state index contributed by atoms with van der Waals surface area (Å²) in [5.74, 6) is 1.62. The fraction of sp³-hybridized carbons (Fsp3) is 0.292. The first-order chi connectivity index (χ1) is 14.2. The molecule has 29 heavy (non-hydrogen) atoms. The van der Waals surface area contributed by atoms with E-state index in [-0.39, 0.29) is 6.04 Å². The van der Waals surface area contributed by atoms with Gasteiger partial charge in [0.15, 0.2) is 0 Å². The van der Waals surface area contributed by atoms with E-state index < -0.39 is 0 Å². The third kappa shape index (κ3) is 3.71. The van der Waals surface area contributed by atoms with E-state index in [1.807, 2.05) is 73.1 Å². The van der Waals surface area contributed by atoms with Gasteiger partial charge in [-0.25, -0.2) is 0 Å². The Morgan fingerprint density at radius 3 is 2.41 bits per heavy atom. The van der Waals surface area contributed by atoms with Crippen LogP contribution in [0.1, 0.15) is 30.0 Å². The summed E-state index contributed by atoms with van der Waals surface area (Å²) in [5.41, 5.74) is 10.3. The quantitative estimate of drug-likeness (QED) is 0.595. The number of nitrogens with one attached hydrogen (secondary N) is 2. The predicted molar refractivity (Wildman–Crippen MR) is 115 cm³/mol. The van der Waals surface area contributed by atoms with Gasteiger partial charge in [-0.2, -0.15) is 0 Å². The molecule has 1 saturated heterocycles. The fourth-order valence-corrected chi connectivity index (χ4v) is 4.41. The van der Waals surface area contributed by atoms with Crippen LogP contribution in [-0.2, 0) is 0 Å². The molecule has 1 spiro atoms. The SMILES string of the molecule is NC(c1ccc(Oc2ccccc2)cc1)c1cnccc1NC1CC2(CNC2)C1. The molecular weight excluding hydrogens is 360 g/mol. The highest BCUT2D eigenvalue weighted by molar-refractivity contribution is 5.55. The average molecular weight is 386 g/mol. The minimum absolute atomic E-state index is 0.239. The molecule has 0 amide bonds. The van der Waals surface area contributed by atoms with Gasteiger partial charge in [0.1, 0.15) is 11.5 Å². The molecule has 4 N–H and O–H groups in total. The van der Waals surface area contributed by atoms with E-state index in [2.05, 4.69) is 15.6 Å². The van der Waals surface area contributed by atoms with Gasteiger partial charge in [-0.1, -0.05) is 30.3 Å². The first-order valence-corrected chi connectivity index (χ1v) is 10.2. The second kappa shape index (κ2) is 7.50. The van der Waals surface area contributed by atoms with Crippen molar-refractivity contribution in [2.75, 3.05) is 18.4 Å². The van der Waals surface area contributed by atoms with E-state index in [4.69, 9.17) is 10.5 Å². The Hall–Kier alpha value is -2.89. The van der Waals surface area contributed by atoms with Crippen molar-refractivity contribution in [1.82, 2.24) is 10.3 Å². The number of nitrogens with two attached hydrogens (primary N) is 1. The number of benzene rings is 2. The van der Waals surface area contributed by atoms with Crippen LogP contribution in [0.25, 0.3) is 0 Å². The molecule has 1 aromatic heterocycles. The van der Waals surface area contributed by atoms with Crippen molar-refractivity contribution < 1.29 is 4.74 Å². The number of hydrogen-bond donors (Lipinski definition) is 3. The van der Waals surface area contributed by atoms with Gasteiger partial charge in [0.2, 0.25) is 0 Å². The highest BCUT2D eigenvalue weighted by Crippen LogP contribution is 2.45. The molecule has 5 heteroatoms. The number of anilines is 1. The smallest absolute Gasteiger partial charge is 0.127 e. The van der Waals surface area contributed by atoms with Crippen LogP contribution >= 0.6 is 0 Å². The Kier molecular flexibility index (Phi) is 4.70. The summed E-state index contributed by atoms with van der Waals surface area (Å²) in [4.78, 5) is 4.32. The largest absolute Gasteiger partial charge is 0.457 e. The number of rotatable bonds is 6. The predicted octanol–water partition coefficient (Wildman–Crippen LogP) is 4.09. The molecule has 1 unspecified atom stereocenters. The maximum Gasteiger partial charge on any atom is 0.127 e. The minimum Gasteiger partial charge on any atom is -0.457 e. The van der Waals surface area contributed by atoms with Gasteiger partial charge < -0.3 is 21.1 Å². The van der Waals surface area contributed by atoms with Gasteiger partial charge >= 0.3 is 0 Å². The fourth-order valence-electron chi connectivity index (χ4n) is 4.41. The average Bonchev–Trinajstić information content (AvgIpc) is 2.70. The lowest BCUT2D eigenvalue weighted by atomic mass is 9.61. The summed E-state index contributed by atoms with van der Waals surface area (Å²) >= 11 is 0. The number of para-hydroxylation sites is 1. The van der Waals surface area contributed by atoms with Crippen LogP contribution in [0.5, 0.6) is 11.5 Å². The Labute approximate surface area is 171 Å². The minimum atomic E-state index is -0.239. The highest BCUT2D eigenvalue weighted by Gasteiger charge is 2.48. The zero-order valence-electron chi connectivity index (χ0n) is 16.3. The van der Waals surface area contributed by atoms with E-state index in [9.17, 15) is 0 Å². The van der Waals surface area contributed by atoms with E-state index >= 15 is 0 Å². The summed E-state index contributed by atoms with van der Waals surface area (Å²) in [6.45, 7) is 2.32. The van der Waals surface area contributed by atoms with E-state index in [0.717, 1.165) is 41.4 Å². The van der Waals surface area contributed by atoms with Crippen LogP contribution in [0, 0.1) is 5.41 Å². The van der Waals surface area contributed by atoms with Crippen molar-refractivity contribution in [2.24, 2.45) is 11.1 Å². The van der Waals surface area contributed by atoms with Gasteiger partial charge in [-0.3, -0.25) is 4.98 Å².